The van der Waals surface area contributed by atoms with E-state index in [9.17, 15) is 4.79 Å². The normalized spacial score (nSPS) is 15.6. The third-order valence-corrected chi connectivity index (χ3v) is 4.24. The van der Waals surface area contributed by atoms with Gasteiger partial charge in [0.15, 0.2) is 0 Å². The lowest BCUT2D eigenvalue weighted by Crippen LogP contribution is -2.37. The Morgan fingerprint density at radius 2 is 2.22 bits per heavy atom. The lowest BCUT2D eigenvalue weighted by atomic mass is 10.4. The highest BCUT2D eigenvalue weighted by Crippen LogP contribution is 2.12. The average Bonchev–Trinajstić information content (AvgIpc) is 2.98. The average molecular weight is 267 g/mol. The molecule has 1 amide bonds. The van der Waals surface area contributed by atoms with Gasteiger partial charge in [0, 0.05) is 25.0 Å². The highest BCUT2D eigenvalue weighted by atomic mass is 32.1. The summed E-state index contributed by atoms with van der Waals surface area (Å²) in [5.74, 6) is 0.251. The molecule has 0 bridgehead atoms. The molecule has 5 heteroatoms. The highest BCUT2D eigenvalue weighted by molar-refractivity contribution is 7.09. The van der Waals surface area contributed by atoms with Gasteiger partial charge in [-0.05, 0) is 26.3 Å². The highest BCUT2D eigenvalue weighted by Gasteiger charge is 2.19. The van der Waals surface area contributed by atoms with E-state index in [1.807, 2.05) is 11.9 Å². The monoisotopic (exact) mass is 267 g/mol. The molecule has 1 aliphatic heterocycles. The number of amides is 1. The topological polar surface area (TPSA) is 36.4 Å². The van der Waals surface area contributed by atoms with Gasteiger partial charge >= 0.3 is 0 Å². The van der Waals surface area contributed by atoms with Crippen LogP contribution in [0.2, 0.25) is 0 Å². The molecule has 1 fully saturated rings. The maximum Gasteiger partial charge on any atom is 0.236 e. The van der Waals surface area contributed by atoms with Crippen molar-refractivity contribution in [3.05, 3.63) is 16.1 Å². The van der Waals surface area contributed by atoms with Gasteiger partial charge < -0.3 is 4.90 Å². The molecule has 4 nitrogen and oxygen atoms in total. The van der Waals surface area contributed by atoms with Gasteiger partial charge in [0.1, 0.15) is 0 Å². The van der Waals surface area contributed by atoms with E-state index in [-0.39, 0.29) is 5.91 Å². The third-order valence-electron chi connectivity index (χ3n) is 3.20. The molecule has 1 saturated heterocycles. The van der Waals surface area contributed by atoms with Gasteiger partial charge in [-0.1, -0.05) is 6.92 Å². The SMILES string of the molecule is CCc1nc(CN(C)CC(=O)N2CCCC2)cs1. The van der Waals surface area contributed by atoms with Crippen LogP contribution < -0.4 is 0 Å². The first kappa shape index (κ1) is 13.5. The largest absolute Gasteiger partial charge is 0.342 e. The summed E-state index contributed by atoms with van der Waals surface area (Å²) in [7, 11) is 1.99. The van der Waals surface area contributed by atoms with Crippen LogP contribution in [0.1, 0.15) is 30.5 Å². The van der Waals surface area contributed by atoms with Gasteiger partial charge in [-0.15, -0.1) is 11.3 Å². The molecule has 0 aromatic carbocycles. The van der Waals surface area contributed by atoms with E-state index in [2.05, 4.69) is 22.2 Å². The molecule has 0 atom stereocenters. The molecule has 1 aromatic heterocycles. The second-order valence-electron chi connectivity index (χ2n) is 4.85. The van der Waals surface area contributed by atoms with Gasteiger partial charge in [-0.3, -0.25) is 9.69 Å². The summed E-state index contributed by atoms with van der Waals surface area (Å²) in [6, 6.07) is 0. The Morgan fingerprint density at radius 3 is 2.83 bits per heavy atom. The zero-order valence-electron chi connectivity index (χ0n) is 11.2. The lowest BCUT2D eigenvalue weighted by molar-refractivity contribution is -0.131. The number of likely N-dealkylation sites (tertiary alicyclic amines) is 1. The van der Waals surface area contributed by atoms with E-state index in [0.717, 1.165) is 44.6 Å². The number of hydrogen-bond donors (Lipinski definition) is 0. The molecule has 100 valence electrons. The Labute approximate surface area is 113 Å². The number of carbonyl (C=O) groups is 1. The van der Waals surface area contributed by atoms with Crippen LogP contribution in [0.4, 0.5) is 0 Å². The summed E-state index contributed by atoms with van der Waals surface area (Å²) in [4.78, 5) is 20.5. The molecule has 18 heavy (non-hydrogen) atoms. The molecular formula is C13H21N3OS. The molecule has 2 heterocycles. The van der Waals surface area contributed by atoms with Crippen molar-refractivity contribution >= 4 is 17.2 Å². The fourth-order valence-electron chi connectivity index (χ4n) is 2.21. The first-order chi connectivity index (χ1) is 8.69. The molecular weight excluding hydrogens is 246 g/mol. The standard InChI is InChI=1S/C13H21N3OS/c1-3-12-14-11(10-18-12)8-15(2)9-13(17)16-6-4-5-7-16/h10H,3-9H2,1-2H3. The Balaban J connectivity index is 1.80. The van der Waals surface area contributed by atoms with Crippen molar-refractivity contribution in [1.82, 2.24) is 14.8 Å². The Bertz CT molecular complexity index is 399. The van der Waals surface area contributed by atoms with E-state index >= 15 is 0 Å². The number of aryl methyl sites for hydroxylation is 1. The van der Waals surface area contributed by atoms with E-state index in [4.69, 9.17) is 0 Å². The molecule has 1 aliphatic rings. The molecule has 0 radical (unpaired) electrons. The molecule has 2 rings (SSSR count). The van der Waals surface area contributed by atoms with Crippen LogP contribution in [0.15, 0.2) is 5.38 Å². The van der Waals surface area contributed by atoms with Gasteiger partial charge in [-0.2, -0.15) is 0 Å². The maximum atomic E-state index is 12.0. The molecule has 0 saturated carbocycles. The van der Waals surface area contributed by atoms with Crippen LogP contribution in [0.25, 0.3) is 0 Å². The summed E-state index contributed by atoms with van der Waals surface area (Å²) in [5.41, 5.74) is 1.08. The van der Waals surface area contributed by atoms with Crippen molar-refractivity contribution in [2.75, 3.05) is 26.7 Å². The fraction of sp³-hybridized carbons (Fsp3) is 0.692. The van der Waals surface area contributed by atoms with Crippen molar-refractivity contribution in [3.63, 3.8) is 0 Å². The summed E-state index contributed by atoms with van der Waals surface area (Å²) < 4.78 is 0. The van der Waals surface area contributed by atoms with Gasteiger partial charge in [-0.25, -0.2) is 4.98 Å². The number of hydrogen-bond acceptors (Lipinski definition) is 4. The Hall–Kier alpha value is -0.940. The van der Waals surface area contributed by atoms with Crippen LogP contribution >= 0.6 is 11.3 Å². The summed E-state index contributed by atoms with van der Waals surface area (Å²) in [6.45, 7) is 5.24. The quantitative estimate of drug-likeness (QED) is 0.815. The van der Waals surface area contributed by atoms with E-state index in [1.165, 1.54) is 5.01 Å². The number of rotatable bonds is 5. The van der Waals surface area contributed by atoms with E-state index in [0.29, 0.717) is 6.54 Å². The maximum absolute atomic E-state index is 12.0. The van der Waals surface area contributed by atoms with Crippen molar-refractivity contribution < 1.29 is 4.79 Å². The minimum Gasteiger partial charge on any atom is -0.342 e. The first-order valence-electron chi connectivity index (χ1n) is 6.58. The number of carbonyl (C=O) groups excluding carboxylic acids is 1. The molecule has 1 aromatic rings. The number of aromatic nitrogens is 1. The predicted octanol–water partition coefficient (Wildman–Crippen LogP) is 1.76. The second-order valence-corrected chi connectivity index (χ2v) is 5.79. The minimum absolute atomic E-state index is 0.251. The minimum atomic E-state index is 0.251. The van der Waals surface area contributed by atoms with Gasteiger partial charge in [0.2, 0.25) is 5.91 Å². The van der Waals surface area contributed by atoms with Crippen molar-refractivity contribution in [2.45, 2.75) is 32.7 Å². The molecule has 0 aliphatic carbocycles. The zero-order chi connectivity index (χ0) is 13.0. The van der Waals surface area contributed by atoms with Crippen molar-refractivity contribution in [1.29, 1.82) is 0 Å². The second kappa shape index (κ2) is 6.29. The van der Waals surface area contributed by atoms with E-state index < -0.39 is 0 Å². The molecule has 0 unspecified atom stereocenters. The smallest absolute Gasteiger partial charge is 0.236 e. The van der Waals surface area contributed by atoms with E-state index in [1.54, 1.807) is 11.3 Å². The fourth-order valence-corrected chi connectivity index (χ4v) is 2.95. The third kappa shape index (κ3) is 3.53. The van der Waals surface area contributed by atoms with Crippen LogP contribution in [0.3, 0.4) is 0 Å². The number of nitrogens with zero attached hydrogens (tertiary/aromatic N) is 3. The number of thiazole rings is 1. The zero-order valence-corrected chi connectivity index (χ0v) is 12.0. The van der Waals surface area contributed by atoms with Gasteiger partial charge in [0.25, 0.3) is 0 Å². The van der Waals surface area contributed by atoms with Crippen molar-refractivity contribution in [3.8, 4) is 0 Å². The summed E-state index contributed by atoms with van der Waals surface area (Å²) in [5, 5.41) is 3.26. The predicted molar refractivity (Wildman–Crippen MR) is 73.6 cm³/mol. The Kier molecular flexibility index (Phi) is 4.72. The lowest BCUT2D eigenvalue weighted by Gasteiger charge is -2.20. The van der Waals surface area contributed by atoms with Crippen LogP contribution in [0.5, 0.6) is 0 Å². The van der Waals surface area contributed by atoms with Crippen molar-refractivity contribution in [2.24, 2.45) is 0 Å². The van der Waals surface area contributed by atoms with Crippen LogP contribution in [-0.2, 0) is 17.8 Å². The van der Waals surface area contributed by atoms with Crippen LogP contribution in [0, 0.1) is 0 Å². The molecule has 0 N–H and O–H groups in total. The summed E-state index contributed by atoms with van der Waals surface area (Å²) in [6.07, 6.45) is 3.30. The van der Waals surface area contributed by atoms with Gasteiger partial charge in [0.05, 0.1) is 17.2 Å². The van der Waals surface area contributed by atoms with Crippen LogP contribution in [-0.4, -0.2) is 47.4 Å². The molecule has 0 spiro atoms. The summed E-state index contributed by atoms with van der Waals surface area (Å²) >= 11 is 1.70. The number of likely N-dealkylation sites (N-methyl/N-ethyl adjacent to an activating group) is 1. The Morgan fingerprint density at radius 1 is 1.50 bits per heavy atom. The first-order valence-corrected chi connectivity index (χ1v) is 7.46.